The fraction of sp³-hybridized carbons (Fsp3) is 0.231. The molecule has 2 rings (SSSR count). The SMILES string of the molecule is O=C(O)C1CN(C(=O)C=Cc2ccccc2Br)C1. The molecule has 0 aliphatic carbocycles. The number of likely N-dealkylation sites (tertiary alicyclic amines) is 1. The molecule has 1 N–H and O–H groups in total. The standard InChI is InChI=1S/C13H12BrNO3/c14-11-4-2-1-3-9(11)5-6-12(16)15-7-10(8-15)13(17)18/h1-6,10H,7-8H2,(H,17,18). The molecule has 1 fully saturated rings. The second kappa shape index (κ2) is 5.35. The summed E-state index contributed by atoms with van der Waals surface area (Å²) in [5.74, 6) is -1.40. The molecule has 1 aromatic carbocycles. The van der Waals surface area contributed by atoms with Gasteiger partial charge in [-0.3, -0.25) is 9.59 Å². The Morgan fingerprint density at radius 2 is 2.00 bits per heavy atom. The summed E-state index contributed by atoms with van der Waals surface area (Å²) in [7, 11) is 0. The lowest BCUT2D eigenvalue weighted by molar-refractivity contribution is -0.151. The van der Waals surface area contributed by atoms with Crippen LogP contribution in [0.1, 0.15) is 5.56 Å². The molecule has 0 unspecified atom stereocenters. The summed E-state index contributed by atoms with van der Waals surface area (Å²) in [5.41, 5.74) is 0.918. The highest BCUT2D eigenvalue weighted by Gasteiger charge is 2.34. The number of carboxylic acids is 1. The number of carboxylic acid groups (broad SMARTS) is 1. The van der Waals surface area contributed by atoms with Crippen molar-refractivity contribution < 1.29 is 14.7 Å². The quantitative estimate of drug-likeness (QED) is 0.869. The number of rotatable bonds is 3. The minimum Gasteiger partial charge on any atom is -0.481 e. The molecule has 4 nitrogen and oxygen atoms in total. The van der Waals surface area contributed by atoms with E-state index in [4.69, 9.17) is 5.11 Å². The van der Waals surface area contributed by atoms with Gasteiger partial charge in [-0.25, -0.2) is 0 Å². The van der Waals surface area contributed by atoms with Crippen LogP contribution in [0.25, 0.3) is 6.08 Å². The monoisotopic (exact) mass is 309 g/mol. The number of carbonyl (C=O) groups excluding carboxylic acids is 1. The summed E-state index contributed by atoms with van der Waals surface area (Å²) >= 11 is 3.39. The number of carbonyl (C=O) groups is 2. The molecule has 1 aromatic rings. The second-order valence-corrected chi connectivity index (χ2v) is 4.99. The van der Waals surface area contributed by atoms with Crippen molar-refractivity contribution in [3.63, 3.8) is 0 Å². The van der Waals surface area contributed by atoms with Crippen molar-refractivity contribution in [3.05, 3.63) is 40.4 Å². The van der Waals surface area contributed by atoms with Crippen LogP contribution in [0.2, 0.25) is 0 Å². The third-order valence-corrected chi connectivity index (χ3v) is 3.58. The van der Waals surface area contributed by atoms with Crippen LogP contribution in [0.15, 0.2) is 34.8 Å². The maximum absolute atomic E-state index is 11.7. The first-order valence-electron chi connectivity index (χ1n) is 5.52. The number of hydrogen-bond donors (Lipinski definition) is 1. The number of hydrogen-bond acceptors (Lipinski definition) is 2. The zero-order valence-electron chi connectivity index (χ0n) is 9.54. The van der Waals surface area contributed by atoms with Crippen LogP contribution in [0, 0.1) is 5.92 Å². The highest BCUT2D eigenvalue weighted by atomic mass is 79.9. The van der Waals surface area contributed by atoms with Gasteiger partial charge in [0.05, 0.1) is 5.92 Å². The van der Waals surface area contributed by atoms with E-state index in [1.54, 1.807) is 6.08 Å². The van der Waals surface area contributed by atoms with Crippen molar-refractivity contribution in [2.24, 2.45) is 5.92 Å². The van der Waals surface area contributed by atoms with E-state index in [1.165, 1.54) is 11.0 Å². The van der Waals surface area contributed by atoms with E-state index < -0.39 is 11.9 Å². The summed E-state index contributed by atoms with van der Waals surface area (Å²) < 4.78 is 0.918. The first kappa shape index (κ1) is 12.8. The Kier molecular flexibility index (Phi) is 3.81. The van der Waals surface area contributed by atoms with Crippen molar-refractivity contribution in [1.82, 2.24) is 4.90 Å². The minimum absolute atomic E-state index is 0.150. The van der Waals surface area contributed by atoms with Gasteiger partial charge in [0.25, 0.3) is 0 Å². The van der Waals surface area contributed by atoms with E-state index in [2.05, 4.69) is 15.9 Å². The average Bonchev–Trinajstić information content (AvgIpc) is 2.25. The summed E-state index contributed by atoms with van der Waals surface area (Å²) in [6, 6.07) is 7.58. The van der Waals surface area contributed by atoms with Crippen molar-refractivity contribution in [1.29, 1.82) is 0 Å². The molecule has 1 saturated heterocycles. The highest BCUT2D eigenvalue weighted by Crippen LogP contribution is 2.19. The Morgan fingerprint density at radius 1 is 1.33 bits per heavy atom. The number of aliphatic carboxylic acids is 1. The first-order valence-corrected chi connectivity index (χ1v) is 6.31. The summed E-state index contributed by atoms with van der Waals surface area (Å²) in [5, 5.41) is 8.71. The maximum Gasteiger partial charge on any atom is 0.310 e. The van der Waals surface area contributed by atoms with Crippen molar-refractivity contribution in [3.8, 4) is 0 Å². The van der Waals surface area contributed by atoms with Crippen molar-refractivity contribution in [2.75, 3.05) is 13.1 Å². The van der Waals surface area contributed by atoms with Crippen LogP contribution in [-0.4, -0.2) is 35.0 Å². The highest BCUT2D eigenvalue weighted by molar-refractivity contribution is 9.10. The number of nitrogens with zero attached hydrogens (tertiary/aromatic N) is 1. The van der Waals surface area contributed by atoms with Gasteiger partial charge in [-0.05, 0) is 17.7 Å². The number of halogens is 1. The third kappa shape index (κ3) is 2.79. The smallest absolute Gasteiger partial charge is 0.310 e. The summed E-state index contributed by atoms with van der Waals surface area (Å²) in [6.07, 6.45) is 3.19. The second-order valence-electron chi connectivity index (χ2n) is 4.13. The molecule has 0 saturated carbocycles. The topological polar surface area (TPSA) is 57.6 Å². The molecule has 0 radical (unpaired) electrons. The first-order chi connectivity index (χ1) is 8.58. The minimum atomic E-state index is -0.839. The Morgan fingerprint density at radius 3 is 2.61 bits per heavy atom. The van der Waals surface area contributed by atoms with Gasteiger partial charge in [-0.2, -0.15) is 0 Å². The molecular formula is C13H12BrNO3. The largest absolute Gasteiger partial charge is 0.481 e. The molecule has 94 valence electrons. The van der Waals surface area contributed by atoms with E-state index >= 15 is 0 Å². The zero-order chi connectivity index (χ0) is 13.1. The van der Waals surface area contributed by atoms with Crippen LogP contribution in [0.4, 0.5) is 0 Å². The molecule has 1 aliphatic rings. The molecule has 18 heavy (non-hydrogen) atoms. The van der Waals surface area contributed by atoms with Crippen LogP contribution in [0.3, 0.4) is 0 Å². The lowest BCUT2D eigenvalue weighted by Gasteiger charge is -2.35. The van der Waals surface area contributed by atoms with Crippen molar-refractivity contribution in [2.45, 2.75) is 0 Å². The Hall–Kier alpha value is -1.62. The molecule has 5 heteroatoms. The van der Waals surface area contributed by atoms with Gasteiger partial charge in [0, 0.05) is 23.6 Å². The van der Waals surface area contributed by atoms with Gasteiger partial charge < -0.3 is 10.0 Å². The van der Waals surface area contributed by atoms with Crippen LogP contribution in [-0.2, 0) is 9.59 Å². The van der Waals surface area contributed by atoms with Gasteiger partial charge in [-0.15, -0.1) is 0 Å². The van der Waals surface area contributed by atoms with Gasteiger partial charge in [-0.1, -0.05) is 34.1 Å². The van der Waals surface area contributed by atoms with Gasteiger partial charge in [0.1, 0.15) is 0 Å². The lowest BCUT2D eigenvalue weighted by Crippen LogP contribution is -2.52. The third-order valence-electron chi connectivity index (χ3n) is 2.85. The molecule has 0 spiro atoms. The van der Waals surface area contributed by atoms with Gasteiger partial charge >= 0.3 is 5.97 Å². The zero-order valence-corrected chi connectivity index (χ0v) is 11.1. The Labute approximate surface area is 113 Å². The van der Waals surface area contributed by atoms with Crippen molar-refractivity contribution >= 4 is 33.9 Å². The van der Waals surface area contributed by atoms with E-state index in [0.29, 0.717) is 13.1 Å². The molecule has 1 heterocycles. The molecular weight excluding hydrogens is 298 g/mol. The normalized spacial score (nSPS) is 15.7. The van der Waals surface area contributed by atoms with E-state index in [1.807, 2.05) is 24.3 Å². The fourth-order valence-electron chi connectivity index (χ4n) is 1.69. The molecule has 1 amide bonds. The number of amides is 1. The van der Waals surface area contributed by atoms with Crippen LogP contribution in [0.5, 0.6) is 0 Å². The molecule has 0 bridgehead atoms. The predicted octanol–water partition coefficient (Wildman–Crippen LogP) is 2.01. The Balaban J connectivity index is 1.93. The van der Waals surface area contributed by atoms with Gasteiger partial charge in [0.2, 0.25) is 5.91 Å². The van der Waals surface area contributed by atoms with E-state index in [-0.39, 0.29) is 5.91 Å². The Bertz CT molecular complexity index is 507. The maximum atomic E-state index is 11.7. The van der Waals surface area contributed by atoms with Crippen LogP contribution >= 0.6 is 15.9 Å². The summed E-state index contributed by atoms with van der Waals surface area (Å²) in [6.45, 7) is 0.600. The summed E-state index contributed by atoms with van der Waals surface area (Å²) in [4.78, 5) is 23.8. The van der Waals surface area contributed by atoms with Crippen LogP contribution < -0.4 is 0 Å². The van der Waals surface area contributed by atoms with E-state index in [9.17, 15) is 9.59 Å². The van der Waals surface area contributed by atoms with E-state index in [0.717, 1.165) is 10.0 Å². The molecule has 0 atom stereocenters. The predicted molar refractivity (Wildman–Crippen MR) is 70.9 cm³/mol. The lowest BCUT2D eigenvalue weighted by atomic mass is 10.0. The number of benzene rings is 1. The molecule has 1 aliphatic heterocycles. The fourth-order valence-corrected chi connectivity index (χ4v) is 2.11. The average molecular weight is 310 g/mol. The molecule has 0 aromatic heterocycles. The van der Waals surface area contributed by atoms with Gasteiger partial charge in [0.15, 0.2) is 0 Å².